The molecule has 122 valence electrons. The van der Waals surface area contributed by atoms with Gasteiger partial charge >= 0.3 is 0 Å². The lowest BCUT2D eigenvalue weighted by Crippen LogP contribution is -2.45. The molecule has 0 aromatic heterocycles. The molecule has 0 unspecified atom stereocenters. The zero-order valence-corrected chi connectivity index (χ0v) is 13.2. The van der Waals surface area contributed by atoms with Gasteiger partial charge in [-0.15, -0.1) is 0 Å². The van der Waals surface area contributed by atoms with Gasteiger partial charge in [0.15, 0.2) is 0 Å². The quantitative estimate of drug-likeness (QED) is 0.788. The third-order valence-electron chi connectivity index (χ3n) is 5.62. The lowest BCUT2D eigenvalue weighted by atomic mass is 9.85. The average molecular weight is 316 g/mol. The van der Waals surface area contributed by atoms with Crippen LogP contribution >= 0.6 is 0 Å². The smallest absolute Gasteiger partial charge is 0.237 e. The van der Waals surface area contributed by atoms with Crippen LogP contribution in [0.15, 0.2) is 18.2 Å². The van der Waals surface area contributed by atoms with Crippen LogP contribution in [0.5, 0.6) is 0 Å². The van der Waals surface area contributed by atoms with E-state index in [0.717, 1.165) is 44.1 Å². The average Bonchev–Trinajstić information content (AvgIpc) is 3.09. The Morgan fingerprint density at radius 3 is 2.70 bits per heavy atom. The maximum absolute atomic E-state index is 14.3. The summed E-state index contributed by atoms with van der Waals surface area (Å²) in [5, 5.41) is 0. The molecule has 2 heterocycles. The number of likely N-dealkylation sites (tertiary alicyclic amines) is 1. The van der Waals surface area contributed by atoms with Crippen LogP contribution in [0.25, 0.3) is 0 Å². The highest BCUT2D eigenvalue weighted by atomic mass is 19.1. The second-order valence-electron chi connectivity index (χ2n) is 7.05. The highest BCUT2D eigenvalue weighted by Gasteiger charge is 2.52. The van der Waals surface area contributed by atoms with Crippen LogP contribution in [0.4, 0.5) is 10.1 Å². The molecule has 4 nitrogen and oxygen atoms in total. The zero-order valence-electron chi connectivity index (χ0n) is 13.2. The first kappa shape index (κ1) is 14.7. The number of carbonyl (C=O) groups is 2. The van der Waals surface area contributed by atoms with Crippen LogP contribution < -0.4 is 4.90 Å². The van der Waals surface area contributed by atoms with E-state index in [1.54, 1.807) is 6.07 Å². The first-order chi connectivity index (χ1) is 11.1. The number of hydrogen-bond donors (Lipinski definition) is 0. The van der Waals surface area contributed by atoms with Gasteiger partial charge in [0.2, 0.25) is 11.8 Å². The van der Waals surface area contributed by atoms with Gasteiger partial charge in [0, 0.05) is 13.0 Å². The molecule has 2 amide bonds. The Hall–Kier alpha value is -1.91. The van der Waals surface area contributed by atoms with Crippen molar-refractivity contribution in [2.75, 3.05) is 18.1 Å². The zero-order chi connectivity index (χ0) is 16.0. The Balaban J connectivity index is 1.60. The molecular formula is C18H21FN2O2. The van der Waals surface area contributed by atoms with Gasteiger partial charge in [-0.2, -0.15) is 0 Å². The predicted molar refractivity (Wildman–Crippen MR) is 84.3 cm³/mol. The summed E-state index contributed by atoms with van der Waals surface area (Å²) in [6.07, 6.45) is 5.77. The summed E-state index contributed by atoms with van der Waals surface area (Å²) in [6, 6.07) is 5.09. The second-order valence-corrected chi connectivity index (χ2v) is 7.05. The van der Waals surface area contributed by atoms with Crippen molar-refractivity contribution >= 4 is 17.5 Å². The van der Waals surface area contributed by atoms with Crippen LogP contribution in [0.2, 0.25) is 0 Å². The number of hydrogen-bond acceptors (Lipinski definition) is 3. The van der Waals surface area contributed by atoms with Gasteiger partial charge in [-0.1, -0.05) is 25.0 Å². The number of fused-ring (bicyclic) bond motifs is 1. The van der Waals surface area contributed by atoms with Crippen LogP contribution in [0.3, 0.4) is 0 Å². The van der Waals surface area contributed by atoms with E-state index >= 15 is 0 Å². The fourth-order valence-electron chi connectivity index (χ4n) is 4.45. The Bertz CT molecular complexity index is 667. The van der Waals surface area contributed by atoms with E-state index in [1.165, 1.54) is 11.0 Å². The summed E-state index contributed by atoms with van der Waals surface area (Å²) in [5.41, 5.74) is 1.07. The molecule has 0 bridgehead atoms. The summed E-state index contributed by atoms with van der Waals surface area (Å²) < 4.78 is 14.3. The molecule has 1 aliphatic carbocycles. The van der Waals surface area contributed by atoms with Gasteiger partial charge in [0.05, 0.1) is 11.1 Å². The van der Waals surface area contributed by atoms with Crippen molar-refractivity contribution in [3.05, 3.63) is 29.6 Å². The van der Waals surface area contributed by atoms with Crippen molar-refractivity contribution < 1.29 is 14.0 Å². The molecular weight excluding hydrogens is 295 g/mol. The monoisotopic (exact) mass is 316 g/mol. The molecule has 0 N–H and O–H groups in total. The Morgan fingerprint density at radius 2 is 1.91 bits per heavy atom. The summed E-state index contributed by atoms with van der Waals surface area (Å²) in [6.45, 7) is 0.866. The third kappa shape index (κ3) is 2.25. The Kier molecular flexibility index (Phi) is 3.39. The van der Waals surface area contributed by atoms with Crippen LogP contribution in [-0.4, -0.2) is 29.9 Å². The van der Waals surface area contributed by atoms with E-state index in [9.17, 15) is 14.0 Å². The van der Waals surface area contributed by atoms with Crippen molar-refractivity contribution in [2.24, 2.45) is 5.41 Å². The molecule has 2 aliphatic heterocycles. The minimum Gasteiger partial charge on any atom is -0.351 e. The second kappa shape index (κ2) is 5.32. The van der Waals surface area contributed by atoms with Gasteiger partial charge in [-0.25, -0.2) is 4.39 Å². The van der Waals surface area contributed by atoms with Crippen molar-refractivity contribution in [2.45, 2.75) is 44.9 Å². The maximum Gasteiger partial charge on any atom is 0.237 e. The molecule has 1 saturated heterocycles. The minimum absolute atomic E-state index is 0.0385. The Labute approximate surface area is 135 Å². The summed E-state index contributed by atoms with van der Waals surface area (Å²) in [4.78, 5) is 28.4. The van der Waals surface area contributed by atoms with E-state index in [0.29, 0.717) is 18.7 Å². The number of anilines is 1. The molecule has 1 saturated carbocycles. The lowest BCUT2D eigenvalue weighted by Gasteiger charge is -2.34. The lowest BCUT2D eigenvalue weighted by molar-refractivity contribution is -0.141. The fraction of sp³-hybridized carbons (Fsp3) is 0.556. The topological polar surface area (TPSA) is 40.6 Å². The molecule has 2 fully saturated rings. The summed E-state index contributed by atoms with van der Waals surface area (Å²) in [7, 11) is 0. The number of nitrogens with zero attached hydrogens (tertiary/aromatic N) is 2. The van der Waals surface area contributed by atoms with Crippen LogP contribution in [0.1, 0.15) is 44.1 Å². The number of rotatable bonds is 2. The molecule has 1 aromatic rings. The molecule has 1 aromatic carbocycles. The highest BCUT2D eigenvalue weighted by Crippen LogP contribution is 2.47. The van der Waals surface area contributed by atoms with Gasteiger partial charge in [0.25, 0.3) is 0 Å². The van der Waals surface area contributed by atoms with Crippen molar-refractivity contribution in [1.82, 2.24) is 4.90 Å². The van der Waals surface area contributed by atoms with E-state index in [2.05, 4.69) is 0 Å². The van der Waals surface area contributed by atoms with E-state index < -0.39 is 5.41 Å². The third-order valence-corrected chi connectivity index (χ3v) is 5.62. The van der Waals surface area contributed by atoms with E-state index in [4.69, 9.17) is 0 Å². The van der Waals surface area contributed by atoms with Crippen molar-refractivity contribution in [3.63, 3.8) is 0 Å². The molecule has 0 radical (unpaired) electrons. The first-order valence-corrected chi connectivity index (χ1v) is 8.48. The van der Waals surface area contributed by atoms with Crippen molar-refractivity contribution in [1.29, 1.82) is 0 Å². The number of amides is 2. The fourth-order valence-corrected chi connectivity index (χ4v) is 4.45. The van der Waals surface area contributed by atoms with Gasteiger partial charge in [0.1, 0.15) is 12.5 Å². The largest absolute Gasteiger partial charge is 0.351 e. The molecule has 1 spiro atoms. The van der Waals surface area contributed by atoms with E-state index in [1.807, 2.05) is 11.0 Å². The number of aryl methyl sites for hydroxylation is 1. The predicted octanol–water partition coefficient (Wildman–Crippen LogP) is 2.86. The number of imide groups is 1. The molecule has 0 atom stereocenters. The SMILES string of the molecule is O=C1CC2(CCCC2)C(=O)N1CN1CCCc2cccc(F)c21. The number of carbonyl (C=O) groups excluding carboxylic acids is 2. The van der Waals surface area contributed by atoms with Crippen LogP contribution in [-0.2, 0) is 16.0 Å². The van der Waals surface area contributed by atoms with Gasteiger partial charge < -0.3 is 4.90 Å². The molecule has 4 rings (SSSR count). The molecule has 3 aliphatic rings. The number of para-hydroxylation sites is 1. The summed E-state index contributed by atoms with van der Waals surface area (Å²) >= 11 is 0. The summed E-state index contributed by atoms with van der Waals surface area (Å²) in [5.74, 6) is -0.402. The first-order valence-electron chi connectivity index (χ1n) is 8.48. The van der Waals surface area contributed by atoms with E-state index in [-0.39, 0.29) is 24.3 Å². The van der Waals surface area contributed by atoms with Gasteiger partial charge in [-0.3, -0.25) is 14.5 Å². The van der Waals surface area contributed by atoms with Crippen LogP contribution in [0, 0.1) is 11.2 Å². The number of halogens is 1. The normalized spacial score (nSPS) is 23.0. The van der Waals surface area contributed by atoms with Crippen molar-refractivity contribution in [3.8, 4) is 0 Å². The number of benzene rings is 1. The molecule has 5 heteroatoms. The maximum atomic E-state index is 14.3. The van der Waals surface area contributed by atoms with Gasteiger partial charge in [-0.05, 0) is 37.3 Å². The minimum atomic E-state index is -0.453. The Morgan fingerprint density at radius 1 is 1.13 bits per heavy atom. The highest BCUT2D eigenvalue weighted by molar-refractivity contribution is 6.06. The molecule has 23 heavy (non-hydrogen) atoms. The standard InChI is InChI=1S/C18H21FN2O2/c19-14-7-3-5-13-6-4-10-20(16(13)14)12-21-15(22)11-18(17(21)23)8-1-2-9-18/h3,5,7H,1-2,4,6,8-12H2.